The highest BCUT2D eigenvalue weighted by molar-refractivity contribution is 8.00. The summed E-state index contributed by atoms with van der Waals surface area (Å²) in [4.78, 5) is 44.5. The maximum absolute atomic E-state index is 12.4. The topological polar surface area (TPSA) is 123 Å². The van der Waals surface area contributed by atoms with Gasteiger partial charge in [-0.3, -0.25) is 10.1 Å². The van der Waals surface area contributed by atoms with Crippen LogP contribution in [0.25, 0.3) is 11.6 Å². The van der Waals surface area contributed by atoms with Crippen LogP contribution in [0.3, 0.4) is 0 Å². The van der Waals surface area contributed by atoms with Crippen molar-refractivity contribution in [1.82, 2.24) is 20.6 Å². The predicted octanol–water partition coefficient (Wildman–Crippen LogP) is 2.16. The van der Waals surface area contributed by atoms with Crippen molar-refractivity contribution in [3.63, 3.8) is 0 Å². The number of aryl methyl sites for hydroxylation is 1. The zero-order valence-electron chi connectivity index (χ0n) is 15.4. The Morgan fingerprint density at radius 1 is 1.33 bits per heavy atom. The summed E-state index contributed by atoms with van der Waals surface area (Å²) in [5.74, 6) is -0.392. The van der Waals surface area contributed by atoms with Crippen LogP contribution in [0.15, 0.2) is 27.8 Å². The van der Waals surface area contributed by atoms with Gasteiger partial charge in [-0.2, -0.15) is 0 Å². The third kappa shape index (κ3) is 5.07. The molecule has 2 N–H and O–H groups in total. The Morgan fingerprint density at radius 2 is 2.07 bits per heavy atom. The average molecular weight is 392 g/mol. The summed E-state index contributed by atoms with van der Waals surface area (Å²) in [6.45, 7) is 5.13. The summed E-state index contributed by atoms with van der Waals surface area (Å²) >= 11 is 1.02. The van der Waals surface area contributed by atoms with Crippen molar-refractivity contribution in [2.75, 3.05) is 13.7 Å². The molecule has 144 valence electrons. The molecule has 0 saturated heterocycles. The molecule has 2 aromatic rings. The second-order valence-electron chi connectivity index (χ2n) is 5.34. The molecule has 0 unspecified atom stereocenters. The van der Waals surface area contributed by atoms with Crippen LogP contribution in [0.1, 0.15) is 29.9 Å². The minimum atomic E-state index is -0.700. The number of amides is 3. The van der Waals surface area contributed by atoms with Crippen molar-refractivity contribution in [3.8, 4) is 11.6 Å². The normalized spacial score (nSPS) is 11.6. The number of nitrogens with zero attached hydrogens (tertiary/aromatic N) is 2. The molecule has 3 amide bonds. The van der Waals surface area contributed by atoms with Crippen LogP contribution in [0.5, 0.6) is 0 Å². The lowest BCUT2D eigenvalue weighted by atomic mass is 10.2. The van der Waals surface area contributed by atoms with Gasteiger partial charge in [-0.15, -0.1) is 0 Å². The quantitative estimate of drug-likeness (QED) is 0.435. The zero-order valence-corrected chi connectivity index (χ0v) is 16.2. The van der Waals surface area contributed by atoms with Gasteiger partial charge in [0, 0.05) is 7.05 Å². The van der Waals surface area contributed by atoms with E-state index in [0.29, 0.717) is 11.5 Å². The van der Waals surface area contributed by atoms with Gasteiger partial charge in [-0.05, 0) is 32.9 Å². The number of ether oxygens (including phenoxy) is 1. The average Bonchev–Trinajstić information content (AvgIpc) is 3.15. The first-order valence-electron chi connectivity index (χ1n) is 8.16. The van der Waals surface area contributed by atoms with E-state index in [1.54, 1.807) is 32.9 Å². The van der Waals surface area contributed by atoms with Crippen molar-refractivity contribution in [2.45, 2.75) is 31.0 Å². The Balaban J connectivity index is 2.39. The molecule has 1 atom stereocenters. The third-order valence-corrected chi connectivity index (χ3v) is 4.49. The summed E-state index contributed by atoms with van der Waals surface area (Å²) in [5, 5.41) is 4.07. The molecule has 9 nitrogen and oxygen atoms in total. The highest BCUT2D eigenvalue weighted by Gasteiger charge is 2.25. The molecule has 2 heterocycles. The summed E-state index contributed by atoms with van der Waals surface area (Å²) in [5.41, 5.74) is 0.577. The van der Waals surface area contributed by atoms with Crippen LogP contribution < -0.4 is 10.6 Å². The minimum Gasteiger partial charge on any atom is -0.462 e. The number of nitrogens with one attached hydrogen (secondary N) is 2. The van der Waals surface area contributed by atoms with Crippen molar-refractivity contribution < 1.29 is 23.5 Å². The van der Waals surface area contributed by atoms with E-state index in [1.165, 1.54) is 13.3 Å². The fourth-order valence-corrected chi connectivity index (χ4v) is 3.07. The first-order chi connectivity index (χ1) is 12.9. The third-order valence-electron chi connectivity index (χ3n) is 3.40. The van der Waals surface area contributed by atoms with E-state index in [4.69, 9.17) is 9.15 Å². The molecule has 0 aliphatic rings. The van der Waals surface area contributed by atoms with Crippen LogP contribution in [-0.4, -0.2) is 46.8 Å². The summed E-state index contributed by atoms with van der Waals surface area (Å²) < 4.78 is 10.4. The zero-order chi connectivity index (χ0) is 20.0. The number of furan rings is 1. The van der Waals surface area contributed by atoms with Gasteiger partial charge < -0.3 is 14.5 Å². The second kappa shape index (κ2) is 9.17. The molecular weight excluding hydrogens is 372 g/mol. The largest absolute Gasteiger partial charge is 0.462 e. The van der Waals surface area contributed by atoms with Gasteiger partial charge in [-0.1, -0.05) is 11.8 Å². The van der Waals surface area contributed by atoms with Crippen molar-refractivity contribution in [1.29, 1.82) is 0 Å². The van der Waals surface area contributed by atoms with E-state index in [2.05, 4.69) is 20.6 Å². The molecule has 0 aromatic carbocycles. The van der Waals surface area contributed by atoms with Crippen LogP contribution >= 0.6 is 11.8 Å². The molecule has 10 heteroatoms. The molecule has 2 rings (SSSR count). The lowest BCUT2D eigenvalue weighted by molar-refractivity contribution is -0.119. The number of hydrogen-bond donors (Lipinski definition) is 2. The summed E-state index contributed by atoms with van der Waals surface area (Å²) in [6, 6.07) is 2.77. The Bertz CT molecular complexity index is 838. The number of carbonyl (C=O) groups is 3. The van der Waals surface area contributed by atoms with Crippen molar-refractivity contribution in [3.05, 3.63) is 29.7 Å². The molecule has 0 aliphatic heterocycles. The van der Waals surface area contributed by atoms with Crippen molar-refractivity contribution in [2.24, 2.45) is 0 Å². The number of rotatable bonds is 6. The number of hydrogen-bond acceptors (Lipinski definition) is 8. The van der Waals surface area contributed by atoms with Gasteiger partial charge >= 0.3 is 12.0 Å². The fraction of sp³-hybridized carbons (Fsp3) is 0.353. The van der Waals surface area contributed by atoms with E-state index < -0.39 is 23.2 Å². The summed E-state index contributed by atoms with van der Waals surface area (Å²) in [7, 11) is 1.41. The lowest BCUT2D eigenvalue weighted by Crippen LogP contribution is -2.41. The number of urea groups is 1. The highest BCUT2D eigenvalue weighted by atomic mass is 32.2. The van der Waals surface area contributed by atoms with Crippen LogP contribution in [-0.2, 0) is 9.53 Å². The standard InChI is InChI=1S/C17H20N4O5S/c1-5-25-16(23)12-9(2)19-13(11-7-6-8-26-11)20-15(12)27-10(3)14(22)21-17(24)18-4/h6-8,10H,5H2,1-4H3,(H2,18,21,22,24)/t10-/m1/s1. The number of aromatic nitrogens is 2. The highest BCUT2D eigenvalue weighted by Crippen LogP contribution is 2.30. The molecule has 0 saturated carbocycles. The Labute approximate surface area is 160 Å². The number of carbonyl (C=O) groups excluding carboxylic acids is 3. The Kier molecular flexibility index (Phi) is 6.94. The molecular formula is C17H20N4O5S. The SMILES string of the molecule is CCOC(=O)c1c(C)nc(-c2ccco2)nc1S[C@H](C)C(=O)NC(=O)NC. The van der Waals surface area contributed by atoms with E-state index in [0.717, 1.165) is 11.8 Å². The van der Waals surface area contributed by atoms with E-state index in [9.17, 15) is 14.4 Å². The predicted molar refractivity (Wildman–Crippen MR) is 98.3 cm³/mol. The Hall–Kier alpha value is -2.88. The molecule has 0 aliphatic carbocycles. The number of thioether (sulfide) groups is 1. The van der Waals surface area contributed by atoms with Gasteiger partial charge in [0.05, 0.1) is 23.8 Å². The monoisotopic (exact) mass is 392 g/mol. The van der Waals surface area contributed by atoms with Gasteiger partial charge in [0.15, 0.2) is 11.6 Å². The molecule has 0 bridgehead atoms. The maximum atomic E-state index is 12.4. The van der Waals surface area contributed by atoms with Gasteiger partial charge in [-0.25, -0.2) is 19.6 Å². The van der Waals surface area contributed by atoms with Crippen LogP contribution in [0.2, 0.25) is 0 Å². The minimum absolute atomic E-state index is 0.178. The van der Waals surface area contributed by atoms with E-state index in [-0.39, 0.29) is 23.0 Å². The first kappa shape index (κ1) is 20.4. The van der Waals surface area contributed by atoms with E-state index >= 15 is 0 Å². The maximum Gasteiger partial charge on any atom is 0.342 e. The molecule has 0 spiro atoms. The lowest BCUT2D eigenvalue weighted by Gasteiger charge is -2.15. The van der Waals surface area contributed by atoms with Gasteiger partial charge in [0.2, 0.25) is 5.91 Å². The molecule has 27 heavy (non-hydrogen) atoms. The number of esters is 1. The smallest absolute Gasteiger partial charge is 0.342 e. The second-order valence-corrected chi connectivity index (χ2v) is 6.67. The molecule has 0 fully saturated rings. The van der Waals surface area contributed by atoms with Gasteiger partial charge in [0.1, 0.15) is 10.6 Å². The van der Waals surface area contributed by atoms with Gasteiger partial charge in [0.25, 0.3) is 0 Å². The molecule has 2 aromatic heterocycles. The molecule has 0 radical (unpaired) electrons. The first-order valence-corrected chi connectivity index (χ1v) is 9.04. The van der Waals surface area contributed by atoms with E-state index in [1.807, 2.05) is 0 Å². The van der Waals surface area contributed by atoms with Crippen molar-refractivity contribution >= 4 is 29.7 Å². The summed E-state index contributed by atoms with van der Waals surface area (Å²) in [6.07, 6.45) is 1.49. The fourth-order valence-electron chi connectivity index (χ4n) is 2.08. The number of imide groups is 1. The Morgan fingerprint density at radius 3 is 2.67 bits per heavy atom. The van der Waals surface area contributed by atoms with Crippen LogP contribution in [0, 0.1) is 6.92 Å². The van der Waals surface area contributed by atoms with Crippen LogP contribution in [0.4, 0.5) is 4.79 Å².